The molecule has 1 heterocycles. The summed E-state index contributed by atoms with van der Waals surface area (Å²) in [5, 5.41) is 0. The number of para-hydroxylation sites is 1. The van der Waals surface area contributed by atoms with Gasteiger partial charge in [-0.2, -0.15) is 0 Å². The smallest absolute Gasteiger partial charge is 0.133 e. The standard InChI is InChI=1S/C11H14N2OS/c1-2-8(13-12)10-7-15-11-6-4-3-5-9(11)14-10/h2-6,8,10,13H,1,7,12H2. The minimum atomic E-state index is -0.00847. The van der Waals surface area contributed by atoms with Gasteiger partial charge in [-0.1, -0.05) is 18.2 Å². The van der Waals surface area contributed by atoms with Crippen molar-refractivity contribution in [2.24, 2.45) is 5.84 Å². The molecule has 3 N–H and O–H groups in total. The highest BCUT2D eigenvalue weighted by Crippen LogP contribution is 2.35. The van der Waals surface area contributed by atoms with Crippen LogP contribution in [-0.4, -0.2) is 17.9 Å². The van der Waals surface area contributed by atoms with Crippen molar-refractivity contribution in [2.75, 3.05) is 5.75 Å². The van der Waals surface area contributed by atoms with E-state index in [1.54, 1.807) is 17.8 Å². The monoisotopic (exact) mass is 222 g/mol. The van der Waals surface area contributed by atoms with Gasteiger partial charge in [0.25, 0.3) is 0 Å². The maximum Gasteiger partial charge on any atom is 0.133 e. The van der Waals surface area contributed by atoms with Gasteiger partial charge in [0.2, 0.25) is 0 Å². The molecule has 0 bridgehead atoms. The van der Waals surface area contributed by atoms with Crippen LogP contribution in [0, 0.1) is 0 Å². The SMILES string of the molecule is C=CC(NN)C1CSc2ccccc2O1. The Bertz CT molecular complexity index is 356. The third-order valence-corrected chi connectivity index (χ3v) is 3.52. The molecule has 1 aromatic rings. The number of fused-ring (bicyclic) bond motifs is 1. The first kappa shape index (κ1) is 10.5. The molecular weight excluding hydrogens is 208 g/mol. The Hall–Kier alpha value is -0.970. The molecule has 80 valence electrons. The summed E-state index contributed by atoms with van der Waals surface area (Å²) < 4.78 is 5.84. The minimum absolute atomic E-state index is 0.00847. The van der Waals surface area contributed by atoms with E-state index in [2.05, 4.69) is 18.1 Å². The largest absolute Gasteiger partial charge is 0.486 e. The fourth-order valence-electron chi connectivity index (χ4n) is 1.54. The van der Waals surface area contributed by atoms with Crippen molar-refractivity contribution >= 4 is 11.8 Å². The summed E-state index contributed by atoms with van der Waals surface area (Å²) in [5.41, 5.74) is 2.70. The van der Waals surface area contributed by atoms with Crippen LogP contribution in [0.25, 0.3) is 0 Å². The maximum absolute atomic E-state index is 5.84. The second-order valence-electron chi connectivity index (χ2n) is 3.34. The molecule has 0 radical (unpaired) electrons. The number of rotatable bonds is 3. The van der Waals surface area contributed by atoms with Crippen LogP contribution in [0.1, 0.15) is 0 Å². The van der Waals surface area contributed by atoms with Gasteiger partial charge >= 0.3 is 0 Å². The first-order chi connectivity index (χ1) is 7.35. The van der Waals surface area contributed by atoms with E-state index in [-0.39, 0.29) is 12.1 Å². The van der Waals surface area contributed by atoms with Crippen LogP contribution < -0.4 is 16.0 Å². The van der Waals surface area contributed by atoms with Gasteiger partial charge in [0, 0.05) is 10.6 Å². The molecule has 2 rings (SSSR count). The number of benzene rings is 1. The molecule has 1 aliphatic rings. The number of ether oxygens (including phenoxy) is 1. The Morgan fingerprint density at radius 1 is 1.60 bits per heavy atom. The van der Waals surface area contributed by atoms with Crippen LogP contribution in [0.15, 0.2) is 41.8 Å². The number of hydrazine groups is 1. The molecule has 0 saturated heterocycles. The van der Waals surface area contributed by atoms with Crippen molar-refractivity contribution in [3.05, 3.63) is 36.9 Å². The first-order valence-corrected chi connectivity index (χ1v) is 5.81. The molecule has 1 aromatic carbocycles. The lowest BCUT2D eigenvalue weighted by Gasteiger charge is -2.29. The second-order valence-corrected chi connectivity index (χ2v) is 4.40. The molecule has 4 heteroatoms. The van der Waals surface area contributed by atoms with Crippen molar-refractivity contribution in [1.29, 1.82) is 0 Å². The second kappa shape index (κ2) is 4.70. The average molecular weight is 222 g/mol. The van der Waals surface area contributed by atoms with Gasteiger partial charge in [0.1, 0.15) is 11.9 Å². The van der Waals surface area contributed by atoms with Crippen molar-refractivity contribution in [2.45, 2.75) is 17.0 Å². The van der Waals surface area contributed by atoms with Crippen molar-refractivity contribution in [3.8, 4) is 5.75 Å². The Balaban J connectivity index is 2.14. The third kappa shape index (κ3) is 2.17. The number of hydrogen-bond acceptors (Lipinski definition) is 4. The van der Waals surface area contributed by atoms with Crippen molar-refractivity contribution in [3.63, 3.8) is 0 Å². The van der Waals surface area contributed by atoms with Crippen LogP contribution >= 0.6 is 11.8 Å². The van der Waals surface area contributed by atoms with E-state index in [1.807, 2.05) is 18.2 Å². The summed E-state index contributed by atoms with van der Waals surface area (Å²) in [7, 11) is 0. The summed E-state index contributed by atoms with van der Waals surface area (Å²) in [4.78, 5) is 1.19. The molecule has 3 nitrogen and oxygen atoms in total. The molecule has 15 heavy (non-hydrogen) atoms. The molecule has 1 aliphatic heterocycles. The van der Waals surface area contributed by atoms with E-state index >= 15 is 0 Å². The lowest BCUT2D eigenvalue weighted by molar-refractivity contribution is 0.185. The van der Waals surface area contributed by atoms with Crippen LogP contribution in [0.5, 0.6) is 5.75 Å². The third-order valence-electron chi connectivity index (χ3n) is 2.38. The van der Waals surface area contributed by atoms with Crippen LogP contribution in [-0.2, 0) is 0 Å². The Morgan fingerprint density at radius 2 is 2.40 bits per heavy atom. The van der Waals surface area contributed by atoms with Crippen molar-refractivity contribution < 1.29 is 4.74 Å². The summed E-state index contributed by atoms with van der Waals surface area (Å²) in [5.74, 6) is 7.24. The number of thioether (sulfide) groups is 1. The van der Waals surface area contributed by atoms with Crippen molar-refractivity contribution in [1.82, 2.24) is 5.43 Å². The first-order valence-electron chi connectivity index (χ1n) is 4.82. The van der Waals surface area contributed by atoms with E-state index < -0.39 is 0 Å². The highest BCUT2D eigenvalue weighted by molar-refractivity contribution is 7.99. The molecule has 0 aromatic heterocycles. The van der Waals surface area contributed by atoms with Gasteiger partial charge in [-0.05, 0) is 12.1 Å². The number of nitrogens with two attached hydrogens (primary N) is 1. The Morgan fingerprint density at radius 3 is 3.13 bits per heavy atom. The molecule has 0 saturated carbocycles. The number of nitrogens with one attached hydrogen (secondary N) is 1. The van der Waals surface area contributed by atoms with E-state index in [0.29, 0.717) is 0 Å². The lowest BCUT2D eigenvalue weighted by atomic mass is 10.2. The topological polar surface area (TPSA) is 47.3 Å². The number of hydrogen-bond donors (Lipinski definition) is 2. The van der Waals surface area contributed by atoms with Crippen LogP contribution in [0.4, 0.5) is 0 Å². The summed E-state index contributed by atoms with van der Waals surface area (Å²) in [6, 6.07) is 8.02. The zero-order chi connectivity index (χ0) is 10.7. The van der Waals surface area contributed by atoms with Gasteiger partial charge in [-0.3, -0.25) is 5.84 Å². The molecule has 2 unspecified atom stereocenters. The molecule has 0 amide bonds. The Kier molecular flexibility index (Phi) is 3.30. The van der Waals surface area contributed by atoms with E-state index in [1.165, 1.54) is 4.90 Å². The quantitative estimate of drug-likeness (QED) is 0.463. The molecule has 0 aliphatic carbocycles. The summed E-state index contributed by atoms with van der Waals surface area (Å²) in [6.45, 7) is 3.73. The lowest BCUT2D eigenvalue weighted by Crippen LogP contribution is -2.47. The zero-order valence-electron chi connectivity index (χ0n) is 8.35. The van der Waals surface area contributed by atoms with Gasteiger partial charge in [0.15, 0.2) is 0 Å². The predicted molar refractivity (Wildman–Crippen MR) is 62.9 cm³/mol. The van der Waals surface area contributed by atoms with E-state index in [4.69, 9.17) is 10.6 Å². The average Bonchev–Trinajstić information content (AvgIpc) is 2.30. The fraction of sp³-hybridized carbons (Fsp3) is 0.273. The van der Waals surface area contributed by atoms with E-state index in [9.17, 15) is 0 Å². The van der Waals surface area contributed by atoms with Gasteiger partial charge in [-0.25, -0.2) is 5.43 Å². The molecule has 0 spiro atoms. The highest BCUT2D eigenvalue weighted by Gasteiger charge is 2.25. The maximum atomic E-state index is 5.84. The normalized spacial score (nSPS) is 21.3. The van der Waals surface area contributed by atoms with E-state index in [0.717, 1.165) is 11.5 Å². The molecular formula is C11H14N2OS. The predicted octanol–water partition coefficient (Wildman–Crippen LogP) is 1.56. The van der Waals surface area contributed by atoms with Crippen LogP contribution in [0.3, 0.4) is 0 Å². The molecule has 2 atom stereocenters. The zero-order valence-corrected chi connectivity index (χ0v) is 9.17. The van der Waals surface area contributed by atoms with Crippen LogP contribution in [0.2, 0.25) is 0 Å². The van der Waals surface area contributed by atoms with Gasteiger partial charge < -0.3 is 4.74 Å². The Labute approximate surface area is 93.7 Å². The minimum Gasteiger partial charge on any atom is -0.486 e. The summed E-state index contributed by atoms with van der Waals surface area (Å²) >= 11 is 1.79. The summed E-state index contributed by atoms with van der Waals surface area (Å²) in [6.07, 6.45) is 1.83. The van der Waals surface area contributed by atoms with Gasteiger partial charge in [0.05, 0.1) is 6.04 Å². The molecule has 0 fully saturated rings. The highest BCUT2D eigenvalue weighted by atomic mass is 32.2. The fourth-order valence-corrected chi connectivity index (χ4v) is 2.59. The van der Waals surface area contributed by atoms with Gasteiger partial charge in [-0.15, -0.1) is 18.3 Å².